The molecule has 4 nitrogen and oxygen atoms in total. The molecule has 2 aromatic rings. The van der Waals surface area contributed by atoms with E-state index in [2.05, 4.69) is 21.3 Å². The predicted octanol–water partition coefficient (Wildman–Crippen LogP) is 3.19. The Bertz CT molecular complexity index is 683. The maximum atomic E-state index is 12.1. The Morgan fingerprint density at radius 3 is 2.78 bits per heavy atom. The molecule has 0 saturated carbocycles. The van der Waals surface area contributed by atoms with Gasteiger partial charge in [0.2, 0.25) is 5.91 Å². The van der Waals surface area contributed by atoms with Crippen molar-refractivity contribution in [2.24, 2.45) is 0 Å². The van der Waals surface area contributed by atoms with Crippen LogP contribution in [-0.2, 0) is 17.8 Å². The normalized spacial score (nSPS) is 14.0. The van der Waals surface area contributed by atoms with Gasteiger partial charge in [0.05, 0.1) is 6.42 Å². The van der Waals surface area contributed by atoms with Gasteiger partial charge in [0.25, 0.3) is 0 Å². The highest BCUT2D eigenvalue weighted by molar-refractivity contribution is 6.31. The first kappa shape index (κ1) is 15.8. The molecular formula is C18H20ClN3O. The second kappa shape index (κ2) is 7.47. The molecule has 5 heteroatoms. The van der Waals surface area contributed by atoms with Gasteiger partial charge in [-0.3, -0.25) is 4.79 Å². The van der Waals surface area contributed by atoms with E-state index in [1.54, 1.807) is 6.07 Å². The van der Waals surface area contributed by atoms with Gasteiger partial charge in [-0.15, -0.1) is 0 Å². The Morgan fingerprint density at radius 1 is 1.22 bits per heavy atom. The first-order chi connectivity index (χ1) is 11.2. The van der Waals surface area contributed by atoms with Crippen molar-refractivity contribution in [3.05, 3.63) is 58.7 Å². The largest absolute Gasteiger partial charge is 0.357 e. The fraction of sp³-hybridized carbons (Fsp3) is 0.333. The summed E-state index contributed by atoms with van der Waals surface area (Å²) in [5, 5.41) is 3.58. The summed E-state index contributed by atoms with van der Waals surface area (Å²) < 4.78 is 0. The Hall–Kier alpha value is -2.07. The molecule has 2 heterocycles. The van der Waals surface area contributed by atoms with Gasteiger partial charge in [-0.05, 0) is 42.2 Å². The van der Waals surface area contributed by atoms with Gasteiger partial charge in [0.1, 0.15) is 5.82 Å². The average Bonchev–Trinajstić information content (AvgIpc) is 3.10. The van der Waals surface area contributed by atoms with Crippen molar-refractivity contribution in [2.45, 2.75) is 25.8 Å². The standard InChI is InChI=1S/C18H20ClN3O/c19-16-6-2-1-5-15(16)12-18(23)21-13-14-7-8-20-17(11-14)22-9-3-4-10-22/h1-2,5-8,11H,3-4,9-10,12-13H2,(H,21,23). The molecular weight excluding hydrogens is 310 g/mol. The molecule has 1 aromatic carbocycles. The van der Waals surface area contributed by atoms with Crippen LogP contribution < -0.4 is 10.2 Å². The lowest BCUT2D eigenvalue weighted by Gasteiger charge is -2.17. The highest BCUT2D eigenvalue weighted by atomic mass is 35.5. The van der Waals surface area contributed by atoms with Gasteiger partial charge in [-0.2, -0.15) is 0 Å². The molecule has 1 saturated heterocycles. The van der Waals surface area contributed by atoms with E-state index in [0.717, 1.165) is 30.0 Å². The number of anilines is 1. The summed E-state index contributed by atoms with van der Waals surface area (Å²) in [4.78, 5) is 18.8. The zero-order chi connectivity index (χ0) is 16.1. The molecule has 1 amide bonds. The summed E-state index contributed by atoms with van der Waals surface area (Å²) in [5.74, 6) is 0.970. The molecule has 23 heavy (non-hydrogen) atoms. The second-order valence-electron chi connectivity index (χ2n) is 5.76. The van der Waals surface area contributed by atoms with Gasteiger partial charge in [-0.1, -0.05) is 29.8 Å². The van der Waals surface area contributed by atoms with Gasteiger partial charge >= 0.3 is 0 Å². The van der Waals surface area contributed by atoms with Crippen molar-refractivity contribution in [3.8, 4) is 0 Å². The number of aromatic nitrogens is 1. The molecule has 1 fully saturated rings. The first-order valence-electron chi connectivity index (χ1n) is 7.92. The highest BCUT2D eigenvalue weighted by Gasteiger charge is 2.13. The van der Waals surface area contributed by atoms with Gasteiger partial charge < -0.3 is 10.2 Å². The van der Waals surface area contributed by atoms with Crippen molar-refractivity contribution >= 4 is 23.3 Å². The Morgan fingerprint density at radius 2 is 2.00 bits per heavy atom. The van der Waals surface area contributed by atoms with Crippen LogP contribution in [0.3, 0.4) is 0 Å². The predicted molar refractivity (Wildman–Crippen MR) is 92.7 cm³/mol. The van der Waals surface area contributed by atoms with E-state index in [1.807, 2.05) is 30.5 Å². The van der Waals surface area contributed by atoms with Crippen LogP contribution in [0.2, 0.25) is 5.02 Å². The molecule has 1 N–H and O–H groups in total. The number of nitrogens with zero attached hydrogens (tertiary/aromatic N) is 2. The maximum absolute atomic E-state index is 12.1. The second-order valence-corrected chi connectivity index (χ2v) is 6.17. The van der Waals surface area contributed by atoms with E-state index in [1.165, 1.54) is 12.8 Å². The molecule has 1 aliphatic heterocycles. The number of amides is 1. The minimum absolute atomic E-state index is 0.0300. The number of pyridine rings is 1. The molecule has 0 aliphatic carbocycles. The van der Waals surface area contributed by atoms with Gasteiger partial charge in [0.15, 0.2) is 0 Å². The monoisotopic (exact) mass is 329 g/mol. The molecule has 0 unspecified atom stereocenters. The van der Waals surface area contributed by atoms with Crippen LogP contribution in [0.4, 0.5) is 5.82 Å². The zero-order valence-electron chi connectivity index (χ0n) is 13.0. The van der Waals surface area contributed by atoms with E-state index < -0.39 is 0 Å². The number of carbonyl (C=O) groups is 1. The number of hydrogen-bond acceptors (Lipinski definition) is 3. The topological polar surface area (TPSA) is 45.2 Å². The van der Waals surface area contributed by atoms with E-state index >= 15 is 0 Å². The van der Waals surface area contributed by atoms with E-state index in [0.29, 0.717) is 18.0 Å². The number of rotatable bonds is 5. The van der Waals surface area contributed by atoms with Crippen molar-refractivity contribution in [2.75, 3.05) is 18.0 Å². The summed E-state index contributed by atoms with van der Waals surface area (Å²) in [6.45, 7) is 2.64. The SMILES string of the molecule is O=C(Cc1ccccc1Cl)NCc1ccnc(N2CCCC2)c1. The minimum atomic E-state index is -0.0300. The maximum Gasteiger partial charge on any atom is 0.224 e. The number of halogens is 1. The van der Waals surface area contributed by atoms with Crippen LogP contribution in [0.1, 0.15) is 24.0 Å². The average molecular weight is 330 g/mol. The first-order valence-corrected chi connectivity index (χ1v) is 8.30. The number of carbonyl (C=O) groups excluding carboxylic acids is 1. The Balaban J connectivity index is 1.56. The summed E-state index contributed by atoms with van der Waals surface area (Å²) >= 11 is 6.09. The zero-order valence-corrected chi connectivity index (χ0v) is 13.7. The summed E-state index contributed by atoms with van der Waals surface area (Å²) in [5.41, 5.74) is 1.91. The number of benzene rings is 1. The van der Waals surface area contributed by atoms with Gasteiger partial charge in [-0.25, -0.2) is 4.98 Å². The summed E-state index contributed by atoms with van der Waals surface area (Å²) in [6, 6.07) is 11.4. The fourth-order valence-corrected chi connectivity index (χ4v) is 2.97. The third-order valence-electron chi connectivity index (χ3n) is 4.04. The Kier molecular flexibility index (Phi) is 5.13. The van der Waals surface area contributed by atoms with Crippen LogP contribution in [0.15, 0.2) is 42.6 Å². The summed E-state index contributed by atoms with van der Waals surface area (Å²) in [6.07, 6.45) is 4.55. The summed E-state index contributed by atoms with van der Waals surface area (Å²) in [7, 11) is 0. The van der Waals surface area contributed by atoms with Crippen LogP contribution in [0, 0.1) is 0 Å². The molecule has 1 aliphatic rings. The van der Waals surface area contributed by atoms with Crippen LogP contribution in [-0.4, -0.2) is 24.0 Å². The lowest BCUT2D eigenvalue weighted by Crippen LogP contribution is -2.25. The lowest BCUT2D eigenvalue weighted by molar-refractivity contribution is -0.120. The number of hydrogen-bond donors (Lipinski definition) is 1. The third-order valence-corrected chi connectivity index (χ3v) is 4.41. The molecule has 0 spiro atoms. The van der Waals surface area contributed by atoms with E-state index in [9.17, 15) is 4.79 Å². The smallest absolute Gasteiger partial charge is 0.224 e. The van der Waals surface area contributed by atoms with Crippen molar-refractivity contribution < 1.29 is 4.79 Å². The molecule has 1 aromatic heterocycles. The minimum Gasteiger partial charge on any atom is -0.357 e. The third kappa shape index (κ3) is 4.23. The molecule has 3 rings (SSSR count). The van der Waals surface area contributed by atoms with Crippen molar-refractivity contribution in [1.29, 1.82) is 0 Å². The van der Waals surface area contributed by atoms with Crippen molar-refractivity contribution in [3.63, 3.8) is 0 Å². The fourth-order valence-electron chi connectivity index (χ4n) is 2.77. The van der Waals surface area contributed by atoms with E-state index in [4.69, 9.17) is 11.6 Å². The van der Waals surface area contributed by atoms with Crippen LogP contribution >= 0.6 is 11.6 Å². The van der Waals surface area contributed by atoms with Crippen LogP contribution in [0.25, 0.3) is 0 Å². The van der Waals surface area contributed by atoms with E-state index in [-0.39, 0.29) is 5.91 Å². The quantitative estimate of drug-likeness (QED) is 0.916. The van der Waals surface area contributed by atoms with Gasteiger partial charge in [0, 0.05) is 30.9 Å². The highest BCUT2D eigenvalue weighted by Crippen LogP contribution is 2.18. The molecule has 0 atom stereocenters. The molecule has 120 valence electrons. The molecule has 0 radical (unpaired) electrons. The number of nitrogens with one attached hydrogen (secondary N) is 1. The lowest BCUT2D eigenvalue weighted by atomic mass is 10.1. The molecule has 0 bridgehead atoms. The van der Waals surface area contributed by atoms with Crippen LogP contribution in [0.5, 0.6) is 0 Å². The Labute approximate surface area is 141 Å². The van der Waals surface area contributed by atoms with Crippen molar-refractivity contribution in [1.82, 2.24) is 10.3 Å².